The molecular weight excluding hydrogens is 452 g/mol. The average Bonchev–Trinajstić information content (AvgIpc) is 2.88. The summed E-state index contributed by atoms with van der Waals surface area (Å²) in [7, 11) is -0.273. The first-order valence-corrected chi connectivity index (χ1v) is 12.5. The van der Waals surface area contributed by atoms with Crippen molar-refractivity contribution in [1.29, 1.82) is 0 Å². The zero-order valence-corrected chi connectivity index (χ0v) is 20.3. The maximum atomic E-state index is 12.8. The van der Waals surface area contributed by atoms with Gasteiger partial charge in [0.15, 0.2) is 5.82 Å². The van der Waals surface area contributed by atoms with Gasteiger partial charge in [-0.2, -0.15) is 4.31 Å². The molecule has 1 aliphatic rings. The van der Waals surface area contributed by atoms with Crippen LogP contribution in [0.25, 0.3) is 17.3 Å². The third kappa shape index (κ3) is 5.37. The second kappa shape index (κ2) is 10.2. The zero-order chi connectivity index (χ0) is 24.1. The van der Waals surface area contributed by atoms with Gasteiger partial charge in [-0.3, -0.25) is 0 Å². The number of piperazine rings is 1. The number of aryl methyl sites for hydroxylation is 1. The minimum absolute atomic E-state index is 0.383. The molecular formula is C25H28N4O4S. The van der Waals surface area contributed by atoms with E-state index in [0.717, 1.165) is 16.7 Å². The van der Waals surface area contributed by atoms with E-state index in [1.54, 1.807) is 20.3 Å². The third-order valence-electron chi connectivity index (χ3n) is 5.77. The molecule has 0 amide bonds. The molecule has 3 aromatic rings. The molecule has 2 heterocycles. The van der Waals surface area contributed by atoms with Gasteiger partial charge in [-0.25, -0.2) is 8.42 Å². The van der Waals surface area contributed by atoms with Gasteiger partial charge >= 0.3 is 0 Å². The lowest BCUT2D eigenvalue weighted by molar-refractivity contribution is 0.388. The number of hydrogen-bond acceptors (Lipinski definition) is 7. The Balaban J connectivity index is 1.41. The Morgan fingerprint density at radius 3 is 2.24 bits per heavy atom. The fourth-order valence-electron chi connectivity index (χ4n) is 3.75. The molecule has 0 saturated carbocycles. The molecule has 0 unspecified atom stereocenters. The summed E-state index contributed by atoms with van der Waals surface area (Å²) in [5.41, 5.74) is 3.45. The van der Waals surface area contributed by atoms with E-state index in [0.29, 0.717) is 49.2 Å². The second-order valence-electron chi connectivity index (χ2n) is 7.99. The maximum absolute atomic E-state index is 12.8. The van der Waals surface area contributed by atoms with Crippen LogP contribution in [0.5, 0.6) is 11.5 Å². The third-order valence-corrected chi connectivity index (χ3v) is 7.33. The van der Waals surface area contributed by atoms with Crippen LogP contribution in [0.4, 0.5) is 5.82 Å². The molecule has 1 saturated heterocycles. The van der Waals surface area contributed by atoms with Crippen molar-refractivity contribution in [3.63, 3.8) is 0 Å². The lowest BCUT2D eigenvalue weighted by Crippen LogP contribution is -2.48. The van der Waals surface area contributed by atoms with Crippen molar-refractivity contribution in [2.75, 3.05) is 45.3 Å². The Morgan fingerprint density at radius 2 is 1.62 bits per heavy atom. The van der Waals surface area contributed by atoms with Crippen LogP contribution in [0.1, 0.15) is 11.1 Å². The molecule has 34 heavy (non-hydrogen) atoms. The van der Waals surface area contributed by atoms with Gasteiger partial charge in [0.2, 0.25) is 10.0 Å². The minimum atomic E-state index is -3.49. The summed E-state index contributed by atoms with van der Waals surface area (Å²) < 4.78 is 37.8. The molecule has 8 nitrogen and oxygen atoms in total. The Morgan fingerprint density at radius 1 is 0.882 bits per heavy atom. The number of methoxy groups -OCH3 is 2. The average molecular weight is 481 g/mol. The number of benzene rings is 2. The van der Waals surface area contributed by atoms with Gasteiger partial charge < -0.3 is 14.4 Å². The Bertz CT molecular complexity index is 1250. The van der Waals surface area contributed by atoms with Crippen molar-refractivity contribution in [3.05, 3.63) is 71.1 Å². The van der Waals surface area contributed by atoms with E-state index in [1.165, 1.54) is 9.71 Å². The maximum Gasteiger partial charge on any atom is 0.236 e. The summed E-state index contributed by atoms with van der Waals surface area (Å²) >= 11 is 0. The van der Waals surface area contributed by atoms with Gasteiger partial charge in [0.25, 0.3) is 0 Å². The monoisotopic (exact) mass is 480 g/mol. The number of nitrogens with zero attached hydrogens (tertiary/aromatic N) is 4. The zero-order valence-electron chi connectivity index (χ0n) is 19.5. The highest BCUT2D eigenvalue weighted by molar-refractivity contribution is 7.92. The van der Waals surface area contributed by atoms with Crippen molar-refractivity contribution in [2.45, 2.75) is 6.92 Å². The van der Waals surface area contributed by atoms with Crippen molar-refractivity contribution in [3.8, 4) is 22.8 Å². The molecule has 0 aliphatic carbocycles. The summed E-state index contributed by atoms with van der Waals surface area (Å²) in [6.07, 6.45) is 1.64. The minimum Gasteiger partial charge on any atom is -0.497 e. The molecule has 1 aromatic heterocycles. The summed E-state index contributed by atoms with van der Waals surface area (Å²) in [6, 6.07) is 17.0. The highest BCUT2D eigenvalue weighted by atomic mass is 32.2. The van der Waals surface area contributed by atoms with Crippen LogP contribution in [-0.2, 0) is 10.0 Å². The highest BCUT2D eigenvalue weighted by Gasteiger charge is 2.26. The quantitative estimate of drug-likeness (QED) is 0.511. The first-order chi connectivity index (χ1) is 16.4. The van der Waals surface area contributed by atoms with Gasteiger partial charge in [-0.1, -0.05) is 29.8 Å². The molecule has 0 atom stereocenters. The first-order valence-electron chi connectivity index (χ1n) is 11.0. The van der Waals surface area contributed by atoms with Crippen LogP contribution in [0, 0.1) is 6.92 Å². The normalized spacial score (nSPS) is 15.0. The lowest BCUT2D eigenvalue weighted by Gasteiger charge is -2.33. The van der Waals surface area contributed by atoms with E-state index < -0.39 is 10.0 Å². The molecule has 0 N–H and O–H groups in total. The van der Waals surface area contributed by atoms with E-state index in [4.69, 9.17) is 9.47 Å². The molecule has 0 bridgehead atoms. The molecule has 1 aliphatic heterocycles. The Hall–Kier alpha value is -3.43. The second-order valence-corrected chi connectivity index (χ2v) is 9.81. The summed E-state index contributed by atoms with van der Waals surface area (Å²) in [5.74, 6) is 2.09. The van der Waals surface area contributed by atoms with Crippen molar-refractivity contribution in [2.24, 2.45) is 0 Å². The number of ether oxygens (including phenoxy) is 2. The van der Waals surface area contributed by atoms with Gasteiger partial charge in [0, 0.05) is 37.2 Å². The van der Waals surface area contributed by atoms with Gasteiger partial charge in [0.05, 0.1) is 19.9 Å². The largest absolute Gasteiger partial charge is 0.497 e. The standard InChI is InChI=1S/C25H28N4O4S/c1-19-4-6-20(7-5-19)12-17-34(30,31)29-15-13-28(14-16-29)25-11-9-23(26-27-25)22-18-21(32-2)8-10-24(22)33-3/h4-12,17-18H,13-16H2,1-3H3/b17-12-. The number of aromatic nitrogens is 2. The summed E-state index contributed by atoms with van der Waals surface area (Å²) in [5, 5.41) is 10.0. The fraction of sp³-hybridized carbons (Fsp3) is 0.280. The SMILES string of the molecule is COc1ccc(OC)c(-c2ccc(N3CCN(S(=O)(=O)/C=C\c4ccc(C)cc4)CC3)nn2)c1. The number of hydrogen-bond donors (Lipinski definition) is 0. The van der Waals surface area contributed by atoms with E-state index in [9.17, 15) is 8.42 Å². The van der Waals surface area contributed by atoms with Crippen LogP contribution in [0.15, 0.2) is 60.0 Å². The van der Waals surface area contributed by atoms with E-state index in [-0.39, 0.29) is 0 Å². The Labute approximate surface area is 200 Å². The number of anilines is 1. The van der Waals surface area contributed by atoms with Gasteiger partial charge in [-0.05, 0) is 48.9 Å². The highest BCUT2D eigenvalue weighted by Crippen LogP contribution is 2.32. The van der Waals surface area contributed by atoms with Crippen molar-refractivity contribution >= 4 is 21.9 Å². The van der Waals surface area contributed by atoms with E-state index in [1.807, 2.05) is 66.4 Å². The van der Waals surface area contributed by atoms with Gasteiger partial charge in [0.1, 0.15) is 11.5 Å². The summed E-state index contributed by atoms with van der Waals surface area (Å²) in [6.45, 7) is 3.83. The van der Waals surface area contributed by atoms with E-state index in [2.05, 4.69) is 10.2 Å². The van der Waals surface area contributed by atoms with Crippen LogP contribution >= 0.6 is 0 Å². The molecule has 0 spiro atoms. The smallest absolute Gasteiger partial charge is 0.236 e. The van der Waals surface area contributed by atoms with Crippen molar-refractivity contribution < 1.29 is 17.9 Å². The molecule has 178 valence electrons. The molecule has 0 radical (unpaired) electrons. The van der Waals surface area contributed by atoms with Crippen LogP contribution in [0.2, 0.25) is 0 Å². The molecule has 2 aromatic carbocycles. The number of rotatable bonds is 7. The van der Waals surface area contributed by atoms with Gasteiger partial charge in [-0.15, -0.1) is 10.2 Å². The molecule has 4 rings (SSSR count). The van der Waals surface area contributed by atoms with Crippen molar-refractivity contribution in [1.82, 2.24) is 14.5 Å². The molecule has 9 heteroatoms. The number of sulfonamides is 1. The predicted octanol–water partition coefficient (Wildman–Crippen LogP) is 3.59. The lowest BCUT2D eigenvalue weighted by atomic mass is 10.1. The topological polar surface area (TPSA) is 84.9 Å². The van der Waals surface area contributed by atoms with Crippen LogP contribution in [-0.4, -0.2) is 63.3 Å². The predicted molar refractivity (Wildman–Crippen MR) is 133 cm³/mol. The fourth-order valence-corrected chi connectivity index (χ4v) is 4.93. The van der Waals surface area contributed by atoms with Crippen LogP contribution < -0.4 is 14.4 Å². The molecule has 1 fully saturated rings. The first kappa shape index (κ1) is 23.7. The summed E-state index contributed by atoms with van der Waals surface area (Å²) in [4.78, 5) is 2.04. The van der Waals surface area contributed by atoms with E-state index >= 15 is 0 Å². The van der Waals surface area contributed by atoms with Crippen LogP contribution in [0.3, 0.4) is 0 Å². The Kier molecular flexibility index (Phi) is 7.14.